The highest BCUT2D eigenvalue weighted by Gasteiger charge is 2.08. The first-order valence-electron chi connectivity index (χ1n) is 4.36. The molecule has 0 fully saturated rings. The van der Waals surface area contributed by atoms with Crippen LogP contribution in [0, 0.1) is 0 Å². The number of carbonyl (C=O) groups is 1. The van der Waals surface area contributed by atoms with Crippen LogP contribution in [0.15, 0.2) is 29.1 Å². The van der Waals surface area contributed by atoms with Gasteiger partial charge in [0.25, 0.3) is 5.56 Å². The van der Waals surface area contributed by atoms with Crippen molar-refractivity contribution in [2.24, 2.45) is 0 Å². The van der Waals surface area contributed by atoms with Gasteiger partial charge in [0.1, 0.15) is 5.69 Å². The van der Waals surface area contributed by atoms with Crippen LogP contribution in [0.5, 0.6) is 0 Å². The van der Waals surface area contributed by atoms with E-state index < -0.39 is 11.5 Å². The number of carboxylic acid groups (broad SMARTS) is 1. The largest absolute Gasteiger partial charge is 0.481 e. The van der Waals surface area contributed by atoms with Gasteiger partial charge in [0.15, 0.2) is 0 Å². The Morgan fingerprint density at radius 3 is 2.87 bits per heavy atom. The van der Waals surface area contributed by atoms with Gasteiger partial charge in [-0.05, 0) is 12.1 Å². The molecule has 0 saturated carbocycles. The number of nitrogens with zero attached hydrogens (tertiary/aromatic N) is 1. The van der Waals surface area contributed by atoms with Crippen molar-refractivity contribution in [3.63, 3.8) is 0 Å². The van der Waals surface area contributed by atoms with E-state index in [1.54, 1.807) is 24.3 Å². The number of benzene rings is 1. The quantitative estimate of drug-likeness (QED) is 0.748. The second kappa shape index (κ2) is 3.53. The molecule has 1 aromatic heterocycles. The third-order valence-corrected chi connectivity index (χ3v) is 1.99. The van der Waals surface area contributed by atoms with Crippen LogP contribution in [0.25, 0.3) is 11.0 Å². The molecule has 0 bridgehead atoms. The van der Waals surface area contributed by atoms with Gasteiger partial charge in [0, 0.05) is 0 Å². The molecule has 5 nitrogen and oxygen atoms in total. The predicted octanol–water partition coefficient (Wildman–Crippen LogP) is 0.550. The highest BCUT2D eigenvalue weighted by atomic mass is 16.4. The zero-order valence-electron chi connectivity index (χ0n) is 7.73. The first kappa shape index (κ1) is 9.39. The molecular weight excluding hydrogens is 196 g/mol. The van der Waals surface area contributed by atoms with Gasteiger partial charge in [0.05, 0.1) is 17.5 Å². The summed E-state index contributed by atoms with van der Waals surface area (Å²) < 4.78 is 0. The SMILES string of the molecule is O=C(O)Cc1nc2ccccc2[nH]c1=O. The molecule has 0 atom stereocenters. The lowest BCUT2D eigenvalue weighted by atomic mass is 10.2. The summed E-state index contributed by atoms with van der Waals surface area (Å²) in [6, 6.07) is 6.99. The summed E-state index contributed by atoms with van der Waals surface area (Å²) in [4.78, 5) is 28.4. The zero-order chi connectivity index (χ0) is 10.8. The van der Waals surface area contributed by atoms with Crippen molar-refractivity contribution in [3.05, 3.63) is 40.3 Å². The molecule has 15 heavy (non-hydrogen) atoms. The average molecular weight is 204 g/mol. The van der Waals surface area contributed by atoms with Gasteiger partial charge < -0.3 is 10.1 Å². The van der Waals surface area contributed by atoms with Crippen molar-refractivity contribution in [3.8, 4) is 0 Å². The molecule has 0 aliphatic rings. The maximum atomic E-state index is 11.4. The first-order valence-corrected chi connectivity index (χ1v) is 4.36. The highest BCUT2D eigenvalue weighted by Crippen LogP contribution is 2.05. The molecule has 2 N–H and O–H groups in total. The van der Waals surface area contributed by atoms with Gasteiger partial charge in [-0.15, -0.1) is 0 Å². The minimum atomic E-state index is -1.07. The minimum Gasteiger partial charge on any atom is -0.481 e. The van der Waals surface area contributed by atoms with Crippen molar-refractivity contribution in [1.29, 1.82) is 0 Å². The van der Waals surface area contributed by atoms with Crippen LogP contribution in [0.2, 0.25) is 0 Å². The van der Waals surface area contributed by atoms with Gasteiger partial charge in [-0.25, -0.2) is 4.98 Å². The summed E-state index contributed by atoms with van der Waals surface area (Å²) in [5.74, 6) is -1.07. The predicted molar refractivity (Wildman–Crippen MR) is 53.7 cm³/mol. The molecule has 0 saturated heterocycles. The van der Waals surface area contributed by atoms with Crippen LogP contribution in [-0.4, -0.2) is 21.0 Å². The molecule has 0 spiro atoms. The van der Waals surface area contributed by atoms with Crippen molar-refractivity contribution in [1.82, 2.24) is 9.97 Å². The van der Waals surface area contributed by atoms with E-state index in [0.717, 1.165) is 0 Å². The number of aromatic amines is 1. The van der Waals surface area contributed by atoms with Gasteiger partial charge in [-0.3, -0.25) is 9.59 Å². The Balaban J connectivity index is 2.62. The van der Waals surface area contributed by atoms with E-state index in [2.05, 4.69) is 9.97 Å². The first-order chi connectivity index (χ1) is 7.16. The van der Waals surface area contributed by atoms with E-state index in [9.17, 15) is 9.59 Å². The fraction of sp³-hybridized carbons (Fsp3) is 0.100. The number of H-pyrrole nitrogens is 1. The van der Waals surface area contributed by atoms with Crippen molar-refractivity contribution >= 4 is 17.0 Å². The number of nitrogens with one attached hydrogen (secondary N) is 1. The summed E-state index contributed by atoms with van der Waals surface area (Å²) in [6.07, 6.45) is -0.361. The maximum absolute atomic E-state index is 11.4. The average Bonchev–Trinajstić information content (AvgIpc) is 2.18. The number of hydrogen-bond donors (Lipinski definition) is 2. The van der Waals surface area contributed by atoms with E-state index in [-0.39, 0.29) is 12.1 Å². The lowest BCUT2D eigenvalue weighted by Crippen LogP contribution is -2.18. The second-order valence-electron chi connectivity index (χ2n) is 3.10. The zero-order valence-corrected chi connectivity index (χ0v) is 7.73. The number of para-hydroxylation sites is 2. The number of aromatic nitrogens is 2. The fourth-order valence-electron chi connectivity index (χ4n) is 1.33. The molecule has 1 aromatic carbocycles. The number of carboxylic acids is 1. The molecule has 0 aliphatic carbocycles. The summed E-state index contributed by atoms with van der Waals surface area (Å²) in [6.45, 7) is 0. The van der Waals surface area contributed by atoms with E-state index in [0.29, 0.717) is 11.0 Å². The standard InChI is InChI=1S/C10H8N2O3/c13-9(14)5-8-10(15)12-7-4-2-1-3-6(7)11-8/h1-4H,5H2,(H,12,15)(H,13,14). The van der Waals surface area contributed by atoms with Gasteiger partial charge >= 0.3 is 5.97 Å². The normalized spacial score (nSPS) is 10.4. The molecular formula is C10H8N2O3. The summed E-state index contributed by atoms with van der Waals surface area (Å²) in [5, 5.41) is 8.57. The van der Waals surface area contributed by atoms with Crippen LogP contribution in [0.1, 0.15) is 5.69 Å². The Bertz CT molecular complexity index is 574. The van der Waals surface area contributed by atoms with Crippen LogP contribution in [0.4, 0.5) is 0 Å². The van der Waals surface area contributed by atoms with E-state index >= 15 is 0 Å². The number of aliphatic carboxylic acids is 1. The van der Waals surface area contributed by atoms with Crippen molar-refractivity contribution in [2.45, 2.75) is 6.42 Å². The molecule has 2 rings (SSSR count). The van der Waals surface area contributed by atoms with Gasteiger partial charge in [-0.2, -0.15) is 0 Å². The number of rotatable bonds is 2. The second-order valence-corrected chi connectivity index (χ2v) is 3.10. The molecule has 0 radical (unpaired) electrons. The molecule has 2 aromatic rings. The Morgan fingerprint density at radius 2 is 2.13 bits per heavy atom. The number of fused-ring (bicyclic) bond motifs is 1. The molecule has 76 valence electrons. The van der Waals surface area contributed by atoms with E-state index in [1.807, 2.05) is 0 Å². The Kier molecular flexibility index (Phi) is 2.21. The summed E-state index contributed by atoms with van der Waals surface area (Å²) in [5.41, 5.74) is 0.780. The third-order valence-electron chi connectivity index (χ3n) is 1.99. The van der Waals surface area contributed by atoms with Crippen molar-refractivity contribution < 1.29 is 9.90 Å². The van der Waals surface area contributed by atoms with Gasteiger partial charge in [0.2, 0.25) is 0 Å². The fourth-order valence-corrected chi connectivity index (χ4v) is 1.33. The van der Waals surface area contributed by atoms with Crippen LogP contribution < -0.4 is 5.56 Å². The Labute approximate surface area is 84.4 Å². The van der Waals surface area contributed by atoms with Crippen LogP contribution in [-0.2, 0) is 11.2 Å². The monoisotopic (exact) mass is 204 g/mol. The molecule has 0 amide bonds. The highest BCUT2D eigenvalue weighted by molar-refractivity contribution is 5.75. The smallest absolute Gasteiger partial charge is 0.309 e. The Morgan fingerprint density at radius 1 is 1.40 bits per heavy atom. The summed E-state index contributed by atoms with van der Waals surface area (Å²) >= 11 is 0. The molecule has 1 heterocycles. The van der Waals surface area contributed by atoms with Crippen LogP contribution >= 0.6 is 0 Å². The lowest BCUT2D eigenvalue weighted by molar-refractivity contribution is -0.136. The molecule has 5 heteroatoms. The van der Waals surface area contributed by atoms with Crippen LogP contribution in [0.3, 0.4) is 0 Å². The third kappa shape index (κ3) is 1.85. The van der Waals surface area contributed by atoms with Gasteiger partial charge in [-0.1, -0.05) is 12.1 Å². The van der Waals surface area contributed by atoms with E-state index in [4.69, 9.17) is 5.11 Å². The summed E-state index contributed by atoms with van der Waals surface area (Å²) in [7, 11) is 0. The van der Waals surface area contributed by atoms with E-state index in [1.165, 1.54) is 0 Å². The molecule has 0 aliphatic heterocycles. The Hall–Kier alpha value is -2.17. The molecule has 0 unspecified atom stereocenters. The lowest BCUT2D eigenvalue weighted by Gasteiger charge is -1.99. The topological polar surface area (TPSA) is 83.0 Å². The minimum absolute atomic E-state index is 0.0289. The maximum Gasteiger partial charge on any atom is 0.309 e. The number of hydrogen-bond acceptors (Lipinski definition) is 3. The van der Waals surface area contributed by atoms with Crippen molar-refractivity contribution in [2.75, 3.05) is 0 Å².